The summed E-state index contributed by atoms with van der Waals surface area (Å²) in [7, 11) is 0. The van der Waals surface area contributed by atoms with Crippen molar-refractivity contribution < 1.29 is 19.1 Å². The lowest BCUT2D eigenvalue weighted by Gasteiger charge is -2.27. The maximum absolute atomic E-state index is 12.7. The third-order valence-corrected chi connectivity index (χ3v) is 5.38. The van der Waals surface area contributed by atoms with Gasteiger partial charge in [0.2, 0.25) is 0 Å². The highest BCUT2D eigenvalue weighted by Gasteiger charge is 2.32. The van der Waals surface area contributed by atoms with Crippen LogP contribution in [0.1, 0.15) is 18.1 Å². The minimum Gasteiger partial charge on any atom is -0.490 e. The quantitative estimate of drug-likeness (QED) is 0.249. The van der Waals surface area contributed by atoms with Crippen LogP contribution in [0.25, 0.3) is 6.08 Å². The number of rotatable bonds is 8. The van der Waals surface area contributed by atoms with E-state index in [-0.39, 0.29) is 23.8 Å². The minimum absolute atomic E-state index is 0.0375. The molecule has 1 saturated heterocycles. The number of hydrogen-bond donors (Lipinski definition) is 1. The predicted molar refractivity (Wildman–Crippen MR) is 129 cm³/mol. The molecule has 1 aliphatic rings. The van der Waals surface area contributed by atoms with Crippen LogP contribution in [-0.4, -0.2) is 35.0 Å². The summed E-state index contributed by atoms with van der Waals surface area (Å²) >= 11 is 17.2. The van der Waals surface area contributed by atoms with Crippen LogP contribution < -0.4 is 14.8 Å². The van der Waals surface area contributed by atoms with Crippen LogP contribution in [0.3, 0.4) is 0 Å². The Kier molecular flexibility index (Phi) is 7.90. The molecule has 0 aliphatic carbocycles. The zero-order valence-corrected chi connectivity index (χ0v) is 19.5. The molecule has 2 amide bonds. The summed E-state index contributed by atoms with van der Waals surface area (Å²) in [5.74, 6) is -0.0896. The van der Waals surface area contributed by atoms with Crippen molar-refractivity contribution in [3.05, 3.63) is 75.8 Å². The molecule has 0 atom stereocenters. The van der Waals surface area contributed by atoms with Crippen LogP contribution in [0.15, 0.2) is 54.6 Å². The van der Waals surface area contributed by atoms with Gasteiger partial charge in [0.25, 0.3) is 11.8 Å². The van der Waals surface area contributed by atoms with E-state index in [4.69, 9.17) is 44.9 Å². The van der Waals surface area contributed by atoms with Crippen molar-refractivity contribution in [1.29, 1.82) is 0 Å². The smallest absolute Gasteiger partial charge is 0.265 e. The predicted octanol–water partition coefficient (Wildman–Crippen LogP) is 4.78. The van der Waals surface area contributed by atoms with E-state index >= 15 is 0 Å². The molecule has 1 fully saturated rings. The van der Waals surface area contributed by atoms with Gasteiger partial charge in [0.1, 0.15) is 12.2 Å². The molecule has 3 rings (SSSR count). The zero-order chi connectivity index (χ0) is 23.3. The number of ether oxygens (including phenoxy) is 2. The molecule has 0 unspecified atom stereocenters. The number of nitrogens with zero attached hydrogens (tertiary/aromatic N) is 1. The van der Waals surface area contributed by atoms with E-state index in [1.807, 2.05) is 6.92 Å². The Balaban J connectivity index is 1.86. The molecule has 1 heterocycles. The third kappa shape index (κ3) is 5.48. The Hall–Kier alpha value is -2.87. The summed E-state index contributed by atoms with van der Waals surface area (Å²) in [5.41, 5.74) is 1.33. The summed E-state index contributed by atoms with van der Waals surface area (Å²) < 4.78 is 11.6. The fourth-order valence-electron chi connectivity index (χ4n) is 2.95. The summed E-state index contributed by atoms with van der Waals surface area (Å²) in [6, 6.07) is 10.3. The first-order chi connectivity index (χ1) is 15.3. The molecule has 1 aliphatic heterocycles. The van der Waals surface area contributed by atoms with E-state index in [0.717, 1.165) is 5.56 Å². The topological polar surface area (TPSA) is 67.9 Å². The number of amides is 2. The Morgan fingerprint density at radius 2 is 1.91 bits per heavy atom. The normalized spacial score (nSPS) is 15.0. The molecule has 0 radical (unpaired) electrons. The van der Waals surface area contributed by atoms with Crippen LogP contribution >= 0.6 is 35.4 Å². The molecule has 2 aromatic rings. The van der Waals surface area contributed by atoms with Crippen molar-refractivity contribution in [1.82, 2.24) is 10.2 Å². The van der Waals surface area contributed by atoms with E-state index < -0.39 is 11.8 Å². The molecule has 9 heteroatoms. The average molecular weight is 491 g/mol. The number of hydrogen-bond acceptors (Lipinski definition) is 5. The molecule has 2 aromatic carbocycles. The van der Waals surface area contributed by atoms with Gasteiger partial charge in [-0.05, 0) is 55.0 Å². The van der Waals surface area contributed by atoms with Crippen LogP contribution in [-0.2, 0) is 16.2 Å². The highest BCUT2D eigenvalue weighted by molar-refractivity contribution is 7.80. The van der Waals surface area contributed by atoms with Gasteiger partial charge >= 0.3 is 0 Å². The van der Waals surface area contributed by atoms with Crippen LogP contribution in [0.4, 0.5) is 0 Å². The Labute approximate surface area is 201 Å². The lowest BCUT2D eigenvalue weighted by atomic mass is 10.1. The SMILES string of the molecule is C=CCN1C(=O)/C(=C/c2ccc(OCc3ccc(Cl)cc3Cl)c(OCC)c2)C(=O)NC1=S. The van der Waals surface area contributed by atoms with Gasteiger partial charge in [0.05, 0.1) is 6.61 Å². The first-order valence-electron chi connectivity index (χ1n) is 9.67. The first kappa shape index (κ1) is 23.8. The number of carbonyl (C=O) groups excluding carboxylic acids is 2. The molecule has 0 spiro atoms. The number of benzene rings is 2. The summed E-state index contributed by atoms with van der Waals surface area (Å²) in [4.78, 5) is 26.3. The van der Waals surface area contributed by atoms with Crippen molar-refractivity contribution in [3.8, 4) is 11.5 Å². The maximum atomic E-state index is 12.7. The zero-order valence-electron chi connectivity index (χ0n) is 17.2. The van der Waals surface area contributed by atoms with Gasteiger partial charge in [-0.2, -0.15) is 0 Å². The summed E-state index contributed by atoms with van der Waals surface area (Å²) in [5, 5.41) is 3.61. The second-order valence-electron chi connectivity index (χ2n) is 6.69. The largest absolute Gasteiger partial charge is 0.490 e. The minimum atomic E-state index is -0.559. The van der Waals surface area contributed by atoms with Gasteiger partial charge in [-0.25, -0.2) is 0 Å². The van der Waals surface area contributed by atoms with Crippen molar-refractivity contribution in [2.24, 2.45) is 0 Å². The average Bonchev–Trinajstić information content (AvgIpc) is 2.75. The number of halogens is 2. The van der Waals surface area contributed by atoms with Gasteiger partial charge in [0.15, 0.2) is 16.6 Å². The van der Waals surface area contributed by atoms with Gasteiger partial charge in [-0.1, -0.05) is 41.4 Å². The van der Waals surface area contributed by atoms with E-state index in [1.165, 1.54) is 17.1 Å². The Bertz CT molecular complexity index is 1120. The standard InChI is InChI=1S/C23H20Cl2N2O4S/c1-3-9-27-22(29)17(21(28)26-23(27)32)10-14-5-8-19(20(11-14)30-4-2)31-13-15-6-7-16(24)12-18(15)25/h3,5-8,10-12H,1,4,9,13H2,2H3,(H,26,28,32)/b17-10+. The number of nitrogens with one attached hydrogen (secondary N) is 1. The Morgan fingerprint density at radius 1 is 1.12 bits per heavy atom. The van der Waals surface area contributed by atoms with Crippen molar-refractivity contribution in [2.75, 3.05) is 13.2 Å². The molecule has 166 valence electrons. The number of carbonyl (C=O) groups is 2. The molecular weight excluding hydrogens is 471 g/mol. The molecule has 6 nitrogen and oxygen atoms in total. The number of thiocarbonyl (C=S) groups is 1. The van der Waals surface area contributed by atoms with Crippen LogP contribution in [0, 0.1) is 0 Å². The lowest BCUT2D eigenvalue weighted by Crippen LogP contribution is -2.53. The van der Waals surface area contributed by atoms with Crippen LogP contribution in [0.5, 0.6) is 11.5 Å². The highest BCUT2D eigenvalue weighted by Crippen LogP contribution is 2.31. The highest BCUT2D eigenvalue weighted by atomic mass is 35.5. The van der Waals surface area contributed by atoms with Crippen molar-refractivity contribution in [2.45, 2.75) is 13.5 Å². The van der Waals surface area contributed by atoms with Crippen LogP contribution in [0.2, 0.25) is 10.0 Å². The second-order valence-corrected chi connectivity index (χ2v) is 7.92. The molecular formula is C23H20Cl2N2O4S. The van der Waals surface area contributed by atoms with E-state index in [1.54, 1.807) is 36.4 Å². The molecule has 32 heavy (non-hydrogen) atoms. The van der Waals surface area contributed by atoms with Crippen molar-refractivity contribution in [3.63, 3.8) is 0 Å². The fraction of sp³-hybridized carbons (Fsp3) is 0.174. The van der Waals surface area contributed by atoms with Gasteiger partial charge < -0.3 is 9.47 Å². The van der Waals surface area contributed by atoms with E-state index in [2.05, 4.69) is 11.9 Å². The first-order valence-corrected chi connectivity index (χ1v) is 10.8. The second kappa shape index (κ2) is 10.6. The lowest BCUT2D eigenvalue weighted by molar-refractivity contribution is -0.128. The van der Waals surface area contributed by atoms with E-state index in [9.17, 15) is 9.59 Å². The summed E-state index contributed by atoms with van der Waals surface area (Å²) in [6.45, 7) is 6.27. The fourth-order valence-corrected chi connectivity index (χ4v) is 3.66. The molecule has 0 bridgehead atoms. The van der Waals surface area contributed by atoms with Gasteiger partial charge in [-0.3, -0.25) is 19.8 Å². The van der Waals surface area contributed by atoms with Gasteiger partial charge in [-0.15, -0.1) is 6.58 Å². The van der Waals surface area contributed by atoms with E-state index in [0.29, 0.717) is 33.7 Å². The third-order valence-electron chi connectivity index (χ3n) is 4.47. The summed E-state index contributed by atoms with van der Waals surface area (Å²) in [6.07, 6.45) is 3.02. The van der Waals surface area contributed by atoms with Crippen molar-refractivity contribution >= 4 is 58.4 Å². The monoisotopic (exact) mass is 490 g/mol. The molecule has 0 aromatic heterocycles. The van der Waals surface area contributed by atoms with Gasteiger partial charge in [0, 0.05) is 22.2 Å². The molecule has 1 N–H and O–H groups in total. The maximum Gasteiger partial charge on any atom is 0.265 e. The Morgan fingerprint density at radius 3 is 2.59 bits per heavy atom. The molecule has 0 saturated carbocycles.